The van der Waals surface area contributed by atoms with Crippen LogP contribution in [0.5, 0.6) is 0 Å². The molecule has 1 amide bonds. The molecule has 0 radical (unpaired) electrons. The third-order valence-corrected chi connectivity index (χ3v) is 7.08. The second-order valence-corrected chi connectivity index (χ2v) is 10.8. The maximum atomic E-state index is 13.1. The Morgan fingerprint density at radius 2 is 1.94 bits per heavy atom. The zero-order valence-corrected chi connectivity index (χ0v) is 20.5. The number of nitriles is 1. The molecule has 1 atom stereocenters. The maximum Gasteiger partial charge on any atom is 0.281 e. The highest BCUT2D eigenvalue weighted by Gasteiger charge is 2.39. The summed E-state index contributed by atoms with van der Waals surface area (Å²) >= 11 is 0. The lowest BCUT2D eigenvalue weighted by Crippen LogP contribution is -2.41. The Morgan fingerprint density at radius 1 is 1.17 bits per heavy atom. The lowest BCUT2D eigenvalue weighted by Gasteiger charge is -2.33. The van der Waals surface area contributed by atoms with E-state index in [1.165, 1.54) is 12.1 Å². The number of carbonyl (C=O) groups is 1. The average Bonchev–Trinajstić information content (AvgIpc) is 3.10. The molecule has 1 saturated heterocycles. The number of amides is 1. The van der Waals surface area contributed by atoms with Crippen molar-refractivity contribution in [1.29, 1.82) is 5.26 Å². The third-order valence-electron chi connectivity index (χ3n) is 5.85. The summed E-state index contributed by atoms with van der Waals surface area (Å²) in [6.45, 7) is 7.02. The average molecular weight is 491 g/mol. The molecule has 35 heavy (non-hydrogen) atoms. The van der Waals surface area contributed by atoms with Gasteiger partial charge in [-0.2, -0.15) is 13.7 Å². The number of anilines is 3. The smallest absolute Gasteiger partial charge is 0.281 e. The van der Waals surface area contributed by atoms with E-state index in [1.807, 2.05) is 6.07 Å². The van der Waals surface area contributed by atoms with E-state index in [1.54, 1.807) is 48.7 Å². The highest BCUT2D eigenvalue weighted by molar-refractivity contribution is 7.90. The summed E-state index contributed by atoms with van der Waals surface area (Å²) in [5.74, 6) is 0.353. The van der Waals surface area contributed by atoms with Gasteiger partial charge in [0.15, 0.2) is 5.03 Å². The van der Waals surface area contributed by atoms with E-state index in [2.05, 4.69) is 45.7 Å². The Labute approximate surface area is 204 Å². The van der Waals surface area contributed by atoms with Crippen molar-refractivity contribution in [1.82, 2.24) is 14.7 Å². The number of hydrogen-bond donors (Lipinski definition) is 2. The molecule has 0 spiro atoms. The lowest BCUT2D eigenvalue weighted by molar-refractivity contribution is 0.0981. The van der Waals surface area contributed by atoms with Gasteiger partial charge < -0.3 is 10.2 Å². The van der Waals surface area contributed by atoms with Crippen molar-refractivity contribution in [3.05, 3.63) is 71.9 Å². The summed E-state index contributed by atoms with van der Waals surface area (Å²) in [6.07, 6.45) is 2.53. The third kappa shape index (κ3) is 5.25. The Bertz CT molecular complexity index is 1410. The molecule has 1 fully saturated rings. The second kappa shape index (κ2) is 9.35. The van der Waals surface area contributed by atoms with Gasteiger partial charge in [0.2, 0.25) is 0 Å². The fraction of sp³-hybridized carbons (Fsp3) is 0.280. The first-order chi connectivity index (χ1) is 16.6. The van der Waals surface area contributed by atoms with Gasteiger partial charge in [-0.25, -0.2) is 14.7 Å². The van der Waals surface area contributed by atoms with Gasteiger partial charge in [0.05, 0.1) is 17.2 Å². The number of benzene rings is 1. The minimum Gasteiger partial charge on any atom is -0.351 e. The van der Waals surface area contributed by atoms with E-state index >= 15 is 0 Å². The SMILES string of the molecule is CC1CN(c2ncccc2C(=O)NS(=O)(=O)c2cccc(Nc3cccc(C#N)c3)n2)C(C)(C)C1. The van der Waals surface area contributed by atoms with Crippen molar-refractivity contribution in [2.24, 2.45) is 5.92 Å². The molecule has 0 aliphatic carbocycles. The predicted molar refractivity (Wildman–Crippen MR) is 133 cm³/mol. The van der Waals surface area contributed by atoms with E-state index in [0.717, 1.165) is 13.0 Å². The highest BCUT2D eigenvalue weighted by atomic mass is 32.2. The van der Waals surface area contributed by atoms with Crippen LogP contribution in [0.1, 0.15) is 43.1 Å². The van der Waals surface area contributed by atoms with Gasteiger partial charge in [0.25, 0.3) is 15.9 Å². The fourth-order valence-electron chi connectivity index (χ4n) is 4.43. The topological polar surface area (TPSA) is 128 Å². The summed E-state index contributed by atoms with van der Waals surface area (Å²) in [7, 11) is -4.26. The summed E-state index contributed by atoms with van der Waals surface area (Å²) in [6, 6.07) is 16.4. The van der Waals surface area contributed by atoms with E-state index in [4.69, 9.17) is 5.26 Å². The molecule has 0 saturated carbocycles. The van der Waals surface area contributed by atoms with E-state index < -0.39 is 15.9 Å². The molecule has 1 unspecified atom stereocenters. The highest BCUT2D eigenvalue weighted by Crippen LogP contribution is 2.37. The molecule has 1 aromatic carbocycles. The number of sulfonamides is 1. The molecule has 2 aromatic heterocycles. The number of nitrogens with one attached hydrogen (secondary N) is 2. The Balaban J connectivity index is 1.57. The van der Waals surface area contributed by atoms with Crippen molar-refractivity contribution in [3.63, 3.8) is 0 Å². The molecule has 1 aliphatic heterocycles. The molecule has 0 bridgehead atoms. The standard InChI is InChI=1S/C25H26N6O3S/c1-17-14-25(2,3)31(16-17)23-20(9-6-12-27-23)24(32)30-35(33,34)22-11-5-10-21(29-22)28-19-8-4-7-18(13-19)15-26/h4-13,17H,14,16H2,1-3H3,(H,28,29)(H,30,32). The molecular weight excluding hydrogens is 464 g/mol. The maximum absolute atomic E-state index is 13.1. The monoisotopic (exact) mass is 490 g/mol. The molecule has 180 valence electrons. The molecule has 3 heterocycles. The minimum atomic E-state index is -4.26. The van der Waals surface area contributed by atoms with E-state index in [9.17, 15) is 13.2 Å². The number of nitrogens with zero attached hydrogens (tertiary/aromatic N) is 4. The minimum absolute atomic E-state index is 0.181. The summed E-state index contributed by atoms with van der Waals surface area (Å²) in [4.78, 5) is 23.7. The predicted octanol–water partition coefficient (Wildman–Crippen LogP) is 3.84. The fourth-order valence-corrected chi connectivity index (χ4v) is 5.36. The Morgan fingerprint density at radius 3 is 2.66 bits per heavy atom. The van der Waals surface area contributed by atoms with Crippen LogP contribution in [0, 0.1) is 17.2 Å². The van der Waals surface area contributed by atoms with Crippen LogP contribution in [0.2, 0.25) is 0 Å². The molecule has 3 aromatic rings. The van der Waals surface area contributed by atoms with Gasteiger partial charge in [0, 0.05) is 24.0 Å². The first-order valence-corrected chi connectivity index (χ1v) is 12.6. The van der Waals surface area contributed by atoms with Crippen LogP contribution in [-0.2, 0) is 10.0 Å². The van der Waals surface area contributed by atoms with Gasteiger partial charge >= 0.3 is 0 Å². The zero-order valence-electron chi connectivity index (χ0n) is 19.7. The van der Waals surface area contributed by atoms with E-state index in [-0.39, 0.29) is 21.9 Å². The van der Waals surface area contributed by atoms with Crippen molar-refractivity contribution >= 4 is 33.3 Å². The van der Waals surface area contributed by atoms with Crippen LogP contribution < -0.4 is 14.9 Å². The summed E-state index contributed by atoms with van der Waals surface area (Å²) < 4.78 is 28.2. The van der Waals surface area contributed by atoms with Crippen molar-refractivity contribution in [3.8, 4) is 6.07 Å². The first kappa shape index (κ1) is 24.2. The number of rotatable bonds is 6. The lowest BCUT2D eigenvalue weighted by atomic mass is 9.97. The Hall–Kier alpha value is -3.97. The van der Waals surface area contributed by atoms with Crippen molar-refractivity contribution in [2.75, 3.05) is 16.8 Å². The normalized spacial score (nSPS) is 17.0. The van der Waals surface area contributed by atoms with Crippen LogP contribution in [0.4, 0.5) is 17.3 Å². The van der Waals surface area contributed by atoms with Crippen LogP contribution in [-0.4, -0.2) is 36.4 Å². The van der Waals surface area contributed by atoms with Crippen molar-refractivity contribution in [2.45, 2.75) is 37.8 Å². The summed E-state index contributed by atoms with van der Waals surface area (Å²) in [5.41, 5.74) is 0.999. The van der Waals surface area contributed by atoms with Crippen LogP contribution in [0.15, 0.2) is 65.8 Å². The van der Waals surface area contributed by atoms with Crippen LogP contribution in [0.3, 0.4) is 0 Å². The Kier molecular flexibility index (Phi) is 6.45. The number of carbonyl (C=O) groups excluding carboxylic acids is 1. The van der Waals surface area contributed by atoms with Gasteiger partial charge in [0.1, 0.15) is 11.6 Å². The second-order valence-electron chi connectivity index (χ2n) is 9.22. The number of pyridine rings is 2. The largest absolute Gasteiger partial charge is 0.351 e. The van der Waals surface area contributed by atoms with Crippen LogP contribution >= 0.6 is 0 Å². The number of aromatic nitrogens is 2. The van der Waals surface area contributed by atoms with Gasteiger partial charge in [-0.15, -0.1) is 0 Å². The van der Waals surface area contributed by atoms with Gasteiger partial charge in [-0.3, -0.25) is 4.79 Å². The molecule has 4 rings (SSSR count). The van der Waals surface area contributed by atoms with E-state index in [0.29, 0.717) is 23.0 Å². The molecule has 1 aliphatic rings. The van der Waals surface area contributed by atoms with Gasteiger partial charge in [-0.1, -0.05) is 19.1 Å². The van der Waals surface area contributed by atoms with Gasteiger partial charge in [-0.05, 0) is 68.7 Å². The zero-order chi connectivity index (χ0) is 25.2. The molecule has 9 nitrogen and oxygen atoms in total. The molecule has 10 heteroatoms. The molecular formula is C25H26N6O3S. The molecule has 2 N–H and O–H groups in total. The van der Waals surface area contributed by atoms with Crippen LogP contribution in [0.25, 0.3) is 0 Å². The first-order valence-electron chi connectivity index (χ1n) is 11.1. The summed E-state index contributed by atoms with van der Waals surface area (Å²) in [5, 5.41) is 11.7. The number of hydrogen-bond acceptors (Lipinski definition) is 8. The van der Waals surface area contributed by atoms with Crippen molar-refractivity contribution < 1.29 is 13.2 Å². The quantitative estimate of drug-likeness (QED) is 0.533.